The van der Waals surface area contributed by atoms with Crippen LogP contribution in [0.25, 0.3) is 0 Å². The number of rotatable bonds is 2. The molecule has 2 aromatic rings. The number of nitrogens with zero attached hydrogens (tertiary/aromatic N) is 2. The number of hydrogen-bond acceptors (Lipinski definition) is 3. The summed E-state index contributed by atoms with van der Waals surface area (Å²) in [6.07, 6.45) is 0. The van der Waals surface area contributed by atoms with E-state index in [0.717, 1.165) is 0 Å². The van der Waals surface area contributed by atoms with Gasteiger partial charge < -0.3 is 14.9 Å². The highest BCUT2D eigenvalue weighted by Gasteiger charge is 2.26. The molecule has 0 aromatic heterocycles. The Morgan fingerprint density at radius 2 is 1.60 bits per heavy atom. The van der Waals surface area contributed by atoms with Gasteiger partial charge in [0.2, 0.25) is 0 Å². The number of halogens is 2. The molecule has 2 amide bonds. The highest BCUT2D eigenvalue weighted by Crippen LogP contribution is 2.18. The van der Waals surface area contributed by atoms with Gasteiger partial charge in [0, 0.05) is 35.3 Å². The third-order valence-electron chi connectivity index (χ3n) is 4.11. The van der Waals surface area contributed by atoms with Crippen molar-refractivity contribution in [3.8, 4) is 5.75 Å². The van der Waals surface area contributed by atoms with E-state index in [2.05, 4.69) is 0 Å². The largest absolute Gasteiger partial charge is 0.508 e. The van der Waals surface area contributed by atoms with Crippen LogP contribution in [0, 0.1) is 9.39 Å². The molecule has 1 N–H and O–H groups in total. The molecule has 0 spiro atoms. The summed E-state index contributed by atoms with van der Waals surface area (Å²) in [5.74, 6) is -0.652. The van der Waals surface area contributed by atoms with Crippen LogP contribution < -0.4 is 0 Å². The van der Waals surface area contributed by atoms with Crippen LogP contribution in [0.5, 0.6) is 5.75 Å². The van der Waals surface area contributed by atoms with Crippen LogP contribution in [-0.2, 0) is 0 Å². The van der Waals surface area contributed by atoms with E-state index in [1.807, 2.05) is 22.6 Å². The van der Waals surface area contributed by atoms with Crippen molar-refractivity contribution in [1.29, 1.82) is 0 Å². The molecule has 130 valence electrons. The van der Waals surface area contributed by atoms with Crippen molar-refractivity contribution in [2.24, 2.45) is 0 Å². The fourth-order valence-electron chi connectivity index (χ4n) is 2.77. The van der Waals surface area contributed by atoms with Crippen molar-refractivity contribution in [3.05, 3.63) is 63.0 Å². The van der Waals surface area contributed by atoms with Gasteiger partial charge in [-0.2, -0.15) is 0 Å². The van der Waals surface area contributed by atoms with Crippen LogP contribution >= 0.6 is 22.6 Å². The smallest absolute Gasteiger partial charge is 0.255 e. The Kier molecular flexibility index (Phi) is 5.22. The number of aromatic hydroxyl groups is 1. The lowest BCUT2D eigenvalue weighted by Crippen LogP contribution is -2.50. The van der Waals surface area contributed by atoms with E-state index in [1.54, 1.807) is 21.9 Å². The van der Waals surface area contributed by atoms with Gasteiger partial charge >= 0.3 is 0 Å². The average molecular weight is 454 g/mol. The fraction of sp³-hybridized carbons (Fsp3) is 0.222. The summed E-state index contributed by atoms with van der Waals surface area (Å²) in [7, 11) is 0. The minimum absolute atomic E-state index is 0.0468. The summed E-state index contributed by atoms with van der Waals surface area (Å²) in [6.45, 7) is 1.66. The molecule has 1 saturated heterocycles. The van der Waals surface area contributed by atoms with Crippen molar-refractivity contribution < 1.29 is 19.1 Å². The monoisotopic (exact) mass is 454 g/mol. The third kappa shape index (κ3) is 3.92. The number of carbonyl (C=O) groups is 2. The van der Waals surface area contributed by atoms with Crippen LogP contribution in [0.3, 0.4) is 0 Å². The Labute approximate surface area is 158 Å². The molecule has 1 aliphatic heterocycles. The molecule has 0 unspecified atom stereocenters. The first-order valence-corrected chi connectivity index (χ1v) is 8.86. The number of carbonyl (C=O) groups excluding carboxylic acids is 2. The highest BCUT2D eigenvalue weighted by molar-refractivity contribution is 14.1. The SMILES string of the molecule is O=C(c1cccc(O)c1)N1CCN(C(=O)c2ccc(F)cc2I)CC1. The van der Waals surface area contributed by atoms with E-state index in [4.69, 9.17) is 0 Å². The van der Waals surface area contributed by atoms with Crippen molar-refractivity contribution in [2.45, 2.75) is 0 Å². The Morgan fingerprint density at radius 1 is 0.960 bits per heavy atom. The Morgan fingerprint density at radius 3 is 2.20 bits per heavy atom. The Bertz CT molecular complexity index is 820. The minimum atomic E-state index is -0.373. The first-order valence-electron chi connectivity index (χ1n) is 7.78. The van der Waals surface area contributed by atoms with Gasteiger partial charge in [-0.3, -0.25) is 9.59 Å². The van der Waals surface area contributed by atoms with Gasteiger partial charge in [-0.05, 0) is 59.0 Å². The second kappa shape index (κ2) is 7.38. The lowest BCUT2D eigenvalue weighted by atomic mass is 10.1. The van der Waals surface area contributed by atoms with Crippen LogP contribution in [0.1, 0.15) is 20.7 Å². The number of piperazine rings is 1. The second-order valence-electron chi connectivity index (χ2n) is 5.76. The fourth-order valence-corrected chi connectivity index (χ4v) is 3.48. The van der Waals surface area contributed by atoms with Gasteiger partial charge in [-0.25, -0.2) is 4.39 Å². The number of phenolic OH excluding ortho intramolecular Hbond substituents is 1. The van der Waals surface area contributed by atoms with Crippen molar-refractivity contribution in [3.63, 3.8) is 0 Å². The molecule has 1 heterocycles. The van der Waals surface area contributed by atoms with E-state index < -0.39 is 0 Å². The maximum absolute atomic E-state index is 13.2. The Hall–Kier alpha value is -2.16. The second-order valence-corrected chi connectivity index (χ2v) is 6.92. The van der Waals surface area contributed by atoms with Crippen LogP contribution in [0.15, 0.2) is 42.5 Å². The summed E-state index contributed by atoms with van der Waals surface area (Å²) in [5, 5.41) is 9.50. The van der Waals surface area contributed by atoms with E-state index in [-0.39, 0.29) is 23.4 Å². The minimum Gasteiger partial charge on any atom is -0.508 e. The van der Waals surface area contributed by atoms with Gasteiger partial charge in [-0.15, -0.1) is 0 Å². The Balaban J connectivity index is 1.65. The molecule has 1 fully saturated rings. The number of hydrogen-bond donors (Lipinski definition) is 1. The van der Waals surface area contributed by atoms with E-state index in [0.29, 0.717) is 40.9 Å². The lowest BCUT2D eigenvalue weighted by molar-refractivity contribution is 0.0534. The first-order chi connectivity index (χ1) is 12.0. The van der Waals surface area contributed by atoms with Gasteiger partial charge in [-0.1, -0.05) is 6.07 Å². The van der Waals surface area contributed by atoms with Crippen molar-refractivity contribution >= 4 is 34.4 Å². The average Bonchev–Trinajstić information content (AvgIpc) is 2.61. The van der Waals surface area contributed by atoms with E-state index in [1.165, 1.54) is 30.3 Å². The lowest BCUT2D eigenvalue weighted by Gasteiger charge is -2.35. The zero-order valence-electron chi connectivity index (χ0n) is 13.3. The molecule has 7 heteroatoms. The molecule has 0 aliphatic carbocycles. The van der Waals surface area contributed by atoms with Crippen LogP contribution in [0.2, 0.25) is 0 Å². The zero-order chi connectivity index (χ0) is 18.0. The maximum Gasteiger partial charge on any atom is 0.255 e. The predicted molar refractivity (Wildman–Crippen MR) is 99.0 cm³/mol. The predicted octanol–water partition coefficient (Wildman–Crippen LogP) is 2.73. The van der Waals surface area contributed by atoms with E-state index in [9.17, 15) is 19.1 Å². The molecule has 1 aliphatic rings. The van der Waals surface area contributed by atoms with E-state index >= 15 is 0 Å². The molecule has 0 radical (unpaired) electrons. The van der Waals surface area contributed by atoms with Gasteiger partial charge in [0.1, 0.15) is 11.6 Å². The van der Waals surface area contributed by atoms with Gasteiger partial charge in [0.05, 0.1) is 5.56 Å². The standard InChI is InChI=1S/C18H16FIN2O3/c19-13-4-5-15(16(20)11-13)18(25)22-8-6-21(7-9-22)17(24)12-2-1-3-14(23)10-12/h1-5,10-11,23H,6-9H2. The molecular formula is C18H16FIN2O3. The quantitative estimate of drug-likeness (QED) is 0.711. The summed E-state index contributed by atoms with van der Waals surface area (Å²) in [5.41, 5.74) is 0.891. The summed E-state index contributed by atoms with van der Waals surface area (Å²) < 4.78 is 13.8. The van der Waals surface area contributed by atoms with Gasteiger partial charge in [0.25, 0.3) is 11.8 Å². The first kappa shape index (κ1) is 17.7. The molecule has 0 atom stereocenters. The summed E-state index contributed by atoms with van der Waals surface area (Å²) in [4.78, 5) is 28.4. The highest BCUT2D eigenvalue weighted by atomic mass is 127. The van der Waals surface area contributed by atoms with Gasteiger partial charge in [0.15, 0.2) is 0 Å². The zero-order valence-corrected chi connectivity index (χ0v) is 15.4. The summed E-state index contributed by atoms with van der Waals surface area (Å²) >= 11 is 1.95. The molecule has 3 rings (SSSR count). The molecule has 2 aromatic carbocycles. The third-order valence-corrected chi connectivity index (χ3v) is 5.00. The number of phenols is 1. The molecule has 0 bridgehead atoms. The maximum atomic E-state index is 13.2. The number of amides is 2. The summed E-state index contributed by atoms with van der Waals surface area (Å²) in [6, 6.07) is 10.3. The number of benzene rings is 2. The topological polar surface area (TPSA) is 60.9 Å². The van der Waals surface area contributed by atoms with Crippen LogP contribution in [-0.4, -0.2) is 52.9 Å². The van der Waals surface area contributed by atoms with Crippen molar-refractivity contribution in [2.75, 3.05) is 26.2 Å². The van der Waals surface area contributed by atoms with Crippen molar-refractivity contribution in [1.82, 2.24) is 9.80 Å². The molecule has 0 saturated carbocycles. The molecule has 25 heavy (non-hydrogen) atoms. The van der Waals surface area contributed by atoms with Crippen LogP contribution in [0.4, 0.5) is 4.39 Å². The molecule has 5 nitrogen and oxygen atoms in total. The normalized spacial score (nSPS) is 14.5. The molecular weight excluding hydrogens is 438 g/mol.